The predicted molar refractivity (Wildman–Crippen MR) is 99.8 cm³/mol. The fraction of sp³-hybridized carbons (Fsp3) is 0.450. The van der Waals surface area contributed by atoms with E-state index in [0.29, 0.717) is 36.2 Å². The highest BCUT2D eigenvalue weighted by Gasteiger charge is 2.34. The lowest BCUT2D eigenvalue weighted by Gasteiger charge is -2.08. The predicted octanol–water partition coefficient (Wildman–Crippen LogP) is 3.06. The van der Waals surface area contributed by atoms with Crippen molar-refractivity contribution >= 4 is 15.9 Å². The van der Waals surface area contributed by atoms with Gasteiger partial charge in [-0.1, -0.05) is 18.2 Å². The zero-order valence-corrected chi connectivity index (χ0v) is 15.8. The molecule has 7 heteroatoms. The Labute approximate surface area is 158 Å². The summed E-state index contributed by atoms with van der Waals surface area (Å²) in [5, 5.41) is 0. The van der Waals surface area contributed by atoms with E-state index < -0.39 is 15.9 Å². The number of nitrogens with one attached hydrogen (secondary N) is 2. The summed E-state index contributed by atoms with van der Waals surface area (Å²) in [5.74, 6) is 0.113. The molecule has 5 rings (SSSR count). The van der Waals surface area contributed by atoms with Crippen LogP contribution in [0.3, 0.4) is 0 Å². The van der Waals surface area contributed by atoms with Gasteiger partial charge in [-0.05, 0) is 60.3 Å². The van der Waals surface area contributed by atoms with Crippen molar-refractivity contribution in [3.63, 3.8) is 0 Å². The fourth-order valence-corrected chi connectivity index (χ4v) is 4.84. The Kier molecular flexibility index (Phi) is 3.91. The van der Waals surface area contributed by atoms with Crippen LogP contribution in [0.15, 0.2) is 24.3 Å². The van der Waals surface area contributed by atoms with Crippen molar-refractivity contribution in [1.82, 2.24) is 9.71 Å². The number of aromatic nitrogens is 1. The maximum absolute atomic E-state index is 12.7. The highest BCUT2D eigenvalue weighted by atomic mass is 32.2. The molecular formula is C20H22N2O4S. The number of H-pyrrole nitrogens is 1. The van der Waals surface area contributed by atoms with E-state index >= 15 is 0 Å². The van der Waals surface area contributed by atoms with Crippen LogP contribution >= 0.6 is 0 Å². The first-order valence-electron chi connectivity index (χ1n) is 9.44. The molecule has 2 fully saturated rings. The molecule has 0 unspecified atom stereocenters. The molecule has 2 N–H and O–H groups in total. The second-order valence-corrected chi connectivity index (χ2v) is 9.61. The lowest BCUT2D eigenvalue weighted by atomic mass is 10.1. The van der Waals surface area contributed by atoms with Crippen LogP contribution in [0.25, 0.3) is 0 Å². The summed E-state index contributed by atoms with van der Waals surface area (Å²) >= 11 is 0. The Morgan fingerprint density at radius 2 is 1.81 bits per heavy atom. The minimum Gasteiger partial charge on any atom is -0.372 e. The van der Waals surface area contributed by atoms with Crippen molar-refractivity contribution in [3.05, 3.63) is 57.9 Å². The topological polar surface area (TPSA) is 88.3 Å². The third-order valence-corrected chi connectivity index (χ3v) is 6.72. The molecule has 1 aromatic heterocycles. The van der Waals surface area contributed by atoms with E-state index in [9.17, 15) is 13.2 Å². The molecule has 0 saturated heterocycles. The van der Waals surface area contributed by atoms with E-state index in [2.05, 4.69) is 9.71 Å². The van der Waals surface area contributed by atoms with Gasteiger partial charge in [0.15, 0.2) is 0 Å². The number of carbonyl (C=O) groups is 1. The number of hydrogen-bond acceptors (Lipinski definition) is 4. The van der Waals surface area contributed by atoms with Gasteiger partial charge in [-0.25, -0.2) is 13.1 Å². The average molecular weight is 386 g/mol. The van der Waals surface area contributed by atoms with E-state index in [-0.39, 0.29) is 5.75 Å². The van der Waals surface area contributed by atoms with Crippen LogP contribution in [0, 0.1) is 0 Å². The summed E-state index contributed by atoms with van der Waals surface area (Å²) in [6.07, 6.45) is 4.36. The summed E-state index contributed by atoms with van der Waals surface area (Å²) in [4.78, 5) is 16.1. The number of benzene rings is 1. The van der Waals surface area contributed by atoms with E-state index in [1.165, 1.54) is 0 Å². The molecule has 3 aliphatic rings. The largest absolute Gasteiger partial charge is 0.372 e. The molecule has 0 radical (unpaired) electrons. The summed E-state index contributed by atoms with van der Waals surface area (Å²) in [7, 11) is -3.77. The molecule has 2 heterocycles. The van der Waals surface area contributed by atoms with Crippen molar-refractivity contribution in [2.75, 3.05) is 0 Å². The molecule has 1 aliphatic heterocycles. The monoisotopic (exact) mass is 386 g/mol. The van der Waals surface area contributed by atoms with E-state index in [1.807, 2.05) is 18.2 Å². The summed E-state index contributed by atoms with van der Waals surface area (Å²) in [5.41, 5.74) is 5.23. The molecule has 142 valence electrons. The molecule has 2 saturated carbocycles. The normalized spacial score (nSPS) is 19.1. The van der Waals surface area contributed by atoms with Gasteiger partial charge in [0, 0.05) is 11.4 Å². The molecular weight excluding hydrogens is 364 g/mol. The molecule has 0 spiro atoms. The first-order chi connectivity index (χ1) is 13.0. The molecule has 1 aromatic carbocycles. The third kappa shape index (κ3) is 3.53. The van der Waals surface area contributed by atoms with Gasteiger partial charge in [0.1, 0.15) is 0 Å². The van der Waals surface area contributed by atoms with Crippen LogP contribution < -0.4 is 4.72 Å². The quantitative estimate of drug-likeness (QED) is 0.799. The van der Waals surface area contributed by atoms with Crippen LogP contribution in [0.4, 0.5) is 0 Å². The third-order valence-electron chi connectivity index (χ3n) is 5.51. The summed E-state index contributed by atoms with van der Waals surface area (Å²) in [6, 6.07) is 7.38. The van der Waals surface area contributed by atoms with Gasteiger partial charge >= 0.3 is 0 Å². The van der Waals surface area contributed by atoms with E-state index in [0.717, 1.165) is 48.2 Å². The Balaban J connectivity index is 1.34. The Morgan fingerprint density at radius 1 is 1.07 bits per heavy atom. The number of sulfonamides is 1. The van der Waals surface area contributed by atoms with Crippen molar-refractivity contribution in [3.8, 4) is 0 Å². The first-order valence-corrected chi connectivity index (χ1v) is 11.1. The van der Waals surface area contributed by atoms with Gasteiger partial charge in [0.25, 0.3) is 5.91 Å². The zero-order valence-electron chi connectivity index (χ0n) is 15.0. The van der Waals surface area contributed by atoms with Gasteiger partial charge in [0.05, 0.1) is 24.5 Å². The zero-order chi connectivity index (χ0) is 18.6. The van der Waals surface area contributed by atoms with Gasteiger partial charge in [-0.3, -0.25) is 4.79 Å². The lowest BCUT2D eigenvalue weighted by molar-refractivity contribution is 0.0980. The summed E-state index contributed by atoms with van der Waals surface area (Å²) < 4.78 is 32.8. The second-order valence-electron chi connectivity index (χ2n) is 7.89. The minimum atomic E-state index is -3.77. The van der Waals surface area contributed by atoms with Crippen molar-refractivity contribution in [1.29, 1.82) is 0 Å². The smallest absolute Gasteiger partial charge is 0.266 e. The van der Waals surface area contributed by atoms with Gasteiger partial charge in [-0.2, -0.15) is 0 Å². The number of amides is 1. The van der Waals surface area contributed by atoms with Crippen LogP contribution in [0.2, 0.25) is 0 Å². The van der Waals surface area contributed by atoms with Gasteiger partial charge in [0.2, 0.25) is 10.0 Å². The maximum atomic E-state index is 12.7. The molecule has 0 bridgehead atoms. The maximum Gasteiger partial charge on any atom is 0.266 e. The number of hydrogen-bond donors (Lipinski definition) is 2. The standard InChI is InChI=1S/C20H22N2O4S/c23-20(17-8-18(13-3-4-13)21-19(17)14-5-6-14)22-27(24,25)11-12-1-2-15-9-26-10-16(15)7-12/h1-2,7-8,13-14,21H,3-6,9-11H2,(H,22,23). The molecule has 0 atom stereocenters. The van der Waals surface area contributed by atoms with Crippen molar-refractivity contribution in [2.24, 2.45) is 0 Å². The number of aromatic amines is 1. The average Bonchev–Trinajstić information content (AvgIpc) is 3.55. The number of rotatable bonds is 6. The molecule has 6 nitrogen and oxygen atoms in total. The van der Waals surface area contributed by atoms with E-state index in [1.54, 1.807) is 6.07 Å². The molecule has 2 aliphatic carbocycles. The molecule has 1 amide bonds. The van der Waals surface area contributed by atoms with Crippen LogP contribution in [-0.2, 0) is 33.7 Å². The highest BCUT2D eigenvalue weighted by Crippen LogP contribution is 2.45. The molecule has 27 heavy (non-hydrogen) atoms. The Morgan fingerprint density at radius 3 is 2.56 bits per heavy atom. The highest BCUT2D eigenvalue weighted by molar-refractivity contribution is 7.89. The van der Waals surface area contributed by atoms with Crippen LogP contribution in [0.1, 0.15) is 76.0 Å². The van der Waals surface area contributed by atoms with Crippen molar-refractivity contribution < 1.29 is 17.9 Å². The van der Waals surface area contributed by atoms with Crippen molar-refractivity contribution in [2.45, 2.75) is 56.5 Å². The Hall–Kier alpha value is -2.12. The number of carbonyl (C=O) groups excluding carboxylic acids is 1. The lowest BCUT2D eigenvalue weighted by Crippen LogP contribution is -2.32. The summed E-state index contributed by atoms with van der Waals surface area (Å²) in [6.45, 7) is 1.08. The van der Waals surface area contributed by atoms with Gasteiger partial charge in [-0.15, -0.1) is 0 Å². The second kappa shape index (κ2) is 6.21. The minimum absolute atomic E-state index is 0.218. The van der Waals surface area contributed by atoms with E-state index in [4.69, 9.17) is 4.74 Å². The Bertz CT molecular complexity index is 1020. The van der Waals surface area contributed by atoms with Crippen LogP contribution in [0.5, 0.6) is 0 Å². The van der Waals surface area contributed by atoms with Crippen LogP contribution in [-0.4, -0.2) is 19.3 Å². The van der Waals surface area contributed by atoms with Gasteiger partial charge < -0.3 is 9.72 Å². The molecule has 2 aromatic rings. The number of fused-ring (bicyclic) bond motifs is 1. The number of ether oxygens (including phenoxy) is 1. The SMILES string of the molecule is O=C(NS(=O)(=O)Cc1ccc2c(c1)COC2)c1cc(C2CC2)[nH]c1C1CC1. The fourth-order valence-electron chi connectivity index (χ4n) is 3.76. The first kappa shape index (κ1) is 17.0.